The van der Waals surface area contributed by atoms with Gasteiger partial charge in [-0.2, -0.15) is 11.3 Å². The molecule has 1 aromatic rings. The highest BCUT2D eigenvalue weighted by atomic mass is 32.1. The second kappa shape index (κ2) is 5.33. The maximum absolute atomic E-state index is 12.4. The van der Waals surface area contributed by atoms with Crippen LogP contribution in [0.3, 0.4) is 0 Å². The van der Waals surface area contributed by atoms with E-state index in [1.165, 1.54) is 5.56 Å². The lowest BCUT2D eigenvalue weighted by Gasteiger charge is -2.42. The highest BCUT2D eigenvalue weighted by Crippen LogP contribution is 2.20. The molecule has 5 heteroatoms. The maximum Gasteiger partial charge on any atom is 0.248 e. The zero-order chi connectivity index (χ0) is 14.0. The van der Waals surface area contributed by atoms with E-state index in [1.807, 2.05) is 12.3 Å². The van der Waals surface area contributed by atoms with E-state index in [2.05, 4.69) is 16.8 Å². The van der Waals surface area contributed by atoms with E-state index in [-0.39, 0.29) is 17.9 Å². The van der Waals surface area contributed by atoms with Gasteiger partial charge in [0.05, 0.1) is 0 Å². The van der Waals surface area contributed by atoms with Crippen molar-refractivity contribution in [3.63, 3.8) is 0 Å². The van der Waals surface area contributed by atoms with Crippen molar-refractivity contribution in [3.8, 4) is 0 Å². The monoisotopic (exact) mass is 280 g/mol. The summed E-state index contributed by atoms with van der Waals surface area (Å²) in [5, 5.41) is 6.91. The summed E-state index contributed by atoms with van der Waals surface area (Å²) < 4.78 is 0. The molecule has 1 fully saturated rings. The van der Waals surface area contributed by atoms with Crippen molar-refractivity contribution >= 4 is 23.2 Å². The van der Waals surface area contributed by atoms with Gasteiger partial charge in [-0.15, -0.1) is 0 Å². The van der Waals surface area contributed by atoms with Crippen molar-refractivity contribution in [1.29, 1.82) is 0 Å². The van der Waals surface area contributed by atoms with Gasteiger partial charge in [-0.1, -0.05) is 6.92 Å². The number of nitrogens with zero attached hydrogens (tertiary/aromatic N) is 1. The summed E-state index contributed by atoms with van der Waals surface area (Å²) in [7, 11) is 0. The average Bonchev–Trinajstić information content (AvgIpc) is 2.84. The number of hydrogen-bond donors (Lipinski definition) is 1. The Balaban J connectivity index is 2.13. The summed E-state index contributed by atoms with van der Waals surface area (Å²) in [4.78, 5) is 26.2. The number of nitrogens with one attached hydrogen (secondary N) is 1. The molecule has 2 amide bonds. The van der Waals surface area contributed by atoms with Crippen LogP contribution < -0.4 is 5.32 Å². The van der Waals surface area contributed by atoms with Gasteiger partial charge in [0.1, 0.15) is 11.6 Å². The molecule has 0 saturated carbocycles. The van der Waals surface area contributed by atoms with Crippen molar-refractivity contribution in [2.45, 2.75) is 45.2 Å². The Hall–Kier alpha value is -1.36. The molecule has 1 atom stereocenters. The third kappa shape index (κ3) is 2.81. The van der Waals surface area contributed by atoms with Gasteiger partial charge in [0, 0.05) is 6.54 Å². The average molecular weight is 280 g/mol. The Kier molecular flexibility index (Phi) is 3.94. The van der Waals surface area contributed by atoms with Crippen molar-refractivity contribution < 1.29 is 9.59 Å². The first-order valence-electron chi connectivity index (χ1n) is 6.60. The van der Waals surface area contributed by atoms with Crippen molar-refractivity contribution in [1.82, 2.24) is 10.2 Å². The molecule has 0 bridgehead atoms. The molecule has 104 valence electrons. The largest absolute Gasteiger partial charge is 0.340 e. The molecule has 1 saturated heterocycles. The Bertz CT molecular complexity index is 468. The van der Waals surface area contributed by atoms with E-state index >= 15 is 0 Å². The molecule has 4 nitrogen and oxygen atoms in total. The summed E-state index contributed by atoms with van der Waals surface area (Å²) in [5.74, 6) is -0.0356. The molecule has 0 aromatic carbocycles. The number of amides is 2. The molecule has 1 unspecified atom stereocenters. The van der Waals surface area contributed by atoms with Crippen molar-refractivity contribution in [2.75, 3.05) is 6.54 Å². The molecule has 2 rings (SSSR count). The quantitative estimate of drug-likeness (QED) is 0.914. The van der Waals surface area contributed by atoms with Gasteiger partial charge in [0.25, 0.3) is 0 Å². The fraction of sp³-hybridized carbons (Fsp3) is 0.571. The highest BCUT2D eigenvalue weighted by molar-refractivity contribution is 7.07. The molecule has 0 aliphatic carbocycles. The minimum absolute atomic E-state index is 0.00850. The number of carbonyl (C=O) groups excluding carboxylic acids is 2. The molecule has 1 aliphatic rings. The maximum atomic E-state index is 12.4. The van der Waals surface area contributed by atoms with Crippen LogP contribution in [0.2, 0.25) is 0 Å². The number of piperazine rings is 1. The predicted molar refractivity (Wildman–Crippen MR) is 76.0 cm³/mol. The molecule has 2 heterocycles. The summed E-state index contributed by atoms with van der Waals surface area (Å²) in [5.41, 5.74) is 0.425. The van der Waals surface area contributed by atoms with E-state index in [9.17, 15) is 9.59 Å². The van der Waals surface area contributed by atoms with Crippen molar-refractivity contribution in [2.24, 2.45) is 0 Å². The van der Waals surface area contributed by atoms with Gasteiger partial charge in [0.15, 0.2) is 0 Å². The second-order valence-corrected chi connectivity index (χ2v) is 6.20. The lowest BCUT2D eigenvalue weighted by atomic mass is 9.95. The summed E-state index contributed by atoms with van der Waals surface area (Å²) in [6, 6.07) is 1.73. The third-order valence-electron chi connectivity index (χ3n) is 3.52. The summed E-state index contributed by atoms with van der Waals surface area (Å²) >= 11 is 1.65. The zero-order valence-electron chi connectivity index (χ0n) is 11.6. The van der Waals surface area contributed by atoms with Crippen molar-refractivity contribution in [3.05, 3.63) is 22.4 Å². The Labute approximate surface area is 117 Å². The minimum Gasteiger partial charge on any atom is -0.340 e. The number of hydrogen-bond acceptors (Lipinski definition) is 3. The molecular weight excluding hydrogens is 260 g/mol. The first-order valence-corrected chi connectivity index (χ1v) is 7.54. The summed E-state index contributed by atoms with van der Waals surface area (Å²) in [6.07, 6.45) is 1.45. The Morgan fingerprint density at radius 1 is 1.42 bits per heavy atom. The third-order valence-corrected chi connectivity index (χ3v) is 4.25. The lowest BCUT2D eigenvalue weighted by molar-refractivity contribution is -0.153. The number of thiophene rings is 1. The molecule has 19 heavy (non-hydrogen) atoms. The SMILES string of the molecule is CCC1C(=O)NC(C)(C)C(=O)N1CCc1ccsc1. The number of carbonyl (C=O) groups is 2. The molecule has 1 aromatic heterocycles. The van der Waals surface area contributed by atoms with Crippen LogP contribution in [0.1, 0.15) is 32.8 Å². The van der Waals surface area contributed by atoms with Gasteiger partial charge in [-0.25, -0.2) is 0 Å². The second-order valence-electron chi connectivity index (χ2n) is 5.42. The normalized spacial score (nSPS) is 22.5. The van der Waals surface area contributed by atoms with Gasteiger partial charge < -0.3 is 10.2 Å². The molecule has 1 aliphatic heterocycles. The van der Waals surface area contributed by atoms with Crippen LogP contribution in [0, 0.1) is 0 Å². The van der Waals surface area contributed by atoms with Crippen LogP contribution in [0.25, 0.3) is 0 Å². The topological polar surface area (TPSA) is 49.4 Å². The van der Waals surface area contributed by atoms with E-state index in [0.29, 0.717) is 13.0 Å². The highest BCUT2D eigenvalue weighted by Gasteiger charge is 2.44. The molecule has 1 N–H and O–H groups in total. The fourth-order valence-corrected chi connectivity index (χ4v) is 3.14. The molecular formula is C14H20N2O2S. The first-order chi connectivity index (χ1) is 8.95. The minimum atomic E-state index is -0.794. The fourth-order valence-electron chi connectivity index (χ4n) is 2.43. The molecule has 0 spiro atoms. The van der Waals surface area contributed by atoms with E-state index in [0.717, 1.165) is 6.42 Å². The van der Waals surface area contributed by atoms with Crippen LogP contribution in [0.15, 0.2) is 16.8 Å². The van der Waals surface area contributed by atoms with Crippen LogP contribution in [0.5, 0.6) is 0 Å². The van der Waals surface area contributed by atoms with Crippen LogP contribution in [0.4, 0.5) is 0 Å². The zero-order valence-corrected chi connectivity index (χ0v) is 12.4. The molecule has 0 radical (unpaired) electrons. The van der Waals surface area contributed by atoms with Crippen LogP contribution >= 0.6 is 11.3 Å². The predicted octanol–water partition coefficient (Wildman–Crippen LogP) is 1.81. The van der Waals surface area contributed by atoms with Crippen LogP contribution in [-0.4, -0.2) is 34.8 Å². The summed E-state index contributed by atoms with van der Waals surface area (Å²) in [6.45, 7) is 6.06. The van der Waals surface area contributed by atoms with Gasteiger partial charge in [0.2, 0.25) is 11.8 Å². The standard InChI is InChI=1S/C14H20N2O2S/c1-4-11-12(17)15-14(2,3)13(18)16(11)7-5-10-6-8-19-9-10/h6,8-9,11H,4-5,7H2,1-3H3,(H,15,17). The number of rotatable bonds is 4. The Morgan fingerprint density at radius 2 is 2.16 bits per heavy atom. The van der Waals surface area contributed by atoms with E-state index in [4.69, 9.17) is 0 Å². The lowest BCUT2D eigenvalue weighted by Crippen LogP contribution is -2.68. The van der Waals surface area contributed by atoms with Crippen LogP contribution in [-0.2, 0) is 16.0 Å². The van der Waals surface area contributed by atoms with Gasteiger partial charge in [-0.05, 0) is 49.1 Å². The van der Waals surface area contributed by atoms with Gasteiger partial charge in [-0.3, -0.25) is 9.59 Å². The van der Waals surface area contributed by atoms with E-state index < -0.39 is 5.54 Å². The first kappa shape index (κ1) is 14.1. The Morgan fingerprint density at radius 3 is 2.74 bits per heavy atom. The smallest absolute Gasteiger partial charge is 0.248 e. The van der Waals surface area contributed by atoms with E-state index in [1.54, 1.807) is 30.1 Å². The van der Waals surface area contributed by atoms with Gasteiger partial charge >= 0.3 is 0 Å².